The Morgan fingerprint density at radius 2 is 1.95 bits per heavy atom. The van der Waals surface area contributed by atoms with Crippen molar-refractivity contribution in [3.8, 4) is 5.75 Å². The van der Waals surface area contributed by atoms with E-state index in [0.717, 1.165) is 28.0 Å². The molecular weight excluding hydrogens is 316 g/mol. The van der Waals surface area contributed by atoms with E-state index in [9.17, 15) is 0 Å². The Bertz CT molecular complexity index is 586. The zero-order valence-corrected chi connectivity index (χ0v) is 13.4. The maximum Gasteiger partial charge on any atom is 0.142 e. The minimum absolute atomic E-state index is 0.653. The minimum atomic E-state index is 0.653. The Balaban J connectivity index is 2.33. The molecule has 0 heterocycles. The van der Waals surface area contributed by atoms with Gasteiger partial charge in [-0.1, -0.05) is 34.1 Å². The number of nitrogens with zero attached hydrogens (tertiary/aromatic N) is 1. The van der Waals surface area contributed by atoms with Gasteiger partial charge in [-0.25, -0.2) is 0 Å². The molecule has 2 aromatic rings. The number of methoxy groups -OCH3 is 1. The molecule has 106 valence electrons. The monoisotopic (exact) mass is 334 g/mol. The predicted molar refractivity (Wildman–Crippen MR) is 88.0 cm³/mol. The van der Waals surface area contributed by atoms with Crippen molar-refractivity contribution < 1.29 is 4.74 Å². The van der Waals surface area contributed by atoms with Crippen LogP contribution in [-0.4, -0.2) is 20.7 Å². The second-order valence-electron chi connectivity index (χ2n) is 4.55. The normalized spacial score (nSPS) is 10.4. The molecule has 2 rings (SSSR count). The maximum atomic E-state index is 5.61. The largest absolute Gasteiger partial charge is 0.495 e. The Morgan fingerprint density at radius 3 is 2.60 bits per heavy atom. The summed E-state index contributed by atoms with van der Waals surface area (Å²) in [6.45, 7) is 0.653. The van der Waals surface area contributed by atoms with E-state index in [4.69, 9.17) is 10.5 Å². The Hall–Kier alpha value is -1.52. The van der Waals surface area contributed by atoms with Crippen LogP contribution in [0, 0.1) is 0 Å². The molecule has 0 fully saturated rings. The van der Waals surface area contributed by atoms with Crippen LogP contribution in [0.15, 0.2) is 46.9 Å². The van der Waals surface area contributed by atoms with Gasteiger partial charge in [-0.2, -0.15) is 0 Å². The zero-order valence-electron chi connectivity index (χ0n) is 11.8. The van der Waals surface area contributed by atoms with Gasteiger partial charge in [0, 0.05) is 17.2 Å². The van der Waals surface area contributed by atoms with Gasteiger partial charge in [-0.3, -0.25) is 0 Å². The molecule has 0 atom stereocenters. The average Bonchev–Trinajstić information content (AvgIpc) is 2.48. The van der Waals surface area contributed by atoms with Crippen molar-refractivity contribution >= 4 is 27.3 Å². The average molecular weight is 335 g/mol. The van der Waals surface area contributed by atoms with Gasteiger partial charge in [0.1, 0.15) is 5.75 Å². The van der Waals surface area contributed by atoms with Crippen molar-refractivity contribution in [3.05, 3.63) is 52.5 Å². The third kappa shape index (κ3) is 3.14. The highest BCUT2D eigenvalue weighted by molar-refractivity contribution is 9.10. The Labute approximate surface area is 128 Å². The number of hydrogen-bond donors (Lipinski definition) is 1. The van der Waals surface area contributed by atoms with Crippen molar-refractivity contribution in [3.63, 3.8) is 0 Å². The van der Waals surface area contributed by atoms with Gasteiger partial charge in [0.2, 0.25) is 0 Å². The summed E-state index contributed by atoms with van der Waals surface area (Å²) in [7, 11) is 3.72. The highest BCUT2D eigenvalue weighted by Crippen LogP contribution is 2.34. The van der Waals surface area contributed by atoms with Crippen molar-refractivity contribution in [2.75, 3.05) is 25.6 Å². The number of ether oxygens (including phenoxy) is 1. The molecule has 0 saturated heterocycles. The first-order valence-corrected chi connectivity index (χ1v) is 7.32. The summed E-state index contributed by atoms with van der Waals surface area (Å²) in [4.78, 5) is 2.11. The summed E-state index contributed by atoms with van der Waals surface area (Å²) in [6.07, 6.45) is 0.874. The van der Waals surface area contributed by atoms with Crippen LogP contribution in [0.25, 0.3) is 0 Å². The van der Waals surface area contributed by atoms with Crippen molar-refractivity contribution in [2.45, 2.75) is 6.42 Å². The fourth-order valence-electron chi connectivity index (χ4n) is 2.15. The summed E-state index contributed by atoms with van der Waals surface area (Å²) in [6, 6.07) is 14.3. The summed E-state index contributed by atoms with van der Waals surface area (Å²) < 4.78 is 6.50. The predicted octanol–water partition coefficient (Wildman–Crippen LogP) is 3.73. The minimum Gasteiger partial charge on any atom is -0.495 e. The van der Waals surface area contributed by atoms with Gasteiger partial charge in [-0.05, 0) is 42.8 Å². The number of anilines is 2. The highest BCUT2D eigenvalue weighted by atomic mass is 79.9. The van der Waals surface area contributed by atoms with E-state index in [2.05, 4.69) is 39.0 Å². The van der Waals surface area contributed by atoms with Gasteiger partial charge >= 0.3 is 0 Å². The molecule has 2 N–H and O–H groups in total. The lowest BCUT2D eigenvalue weighted by molar-refractivity contribution is 0.415. The molecule has 2 aromatic carbocycles. The topological polar surface area (TPSA) is 38.5 Å². The highest BCUT2D eigenvalue weighted by Gasteiger charge is 2.10. The molecule has 0 aliphatic carbocycles. The first-order valence-electron chi connectivity index (χ1n) is 6.52. The fourth-order valence-corrected chi connectivity index (χ4v) is 2.71. The number of nitrogens with two attached hydrogens (primary N) is 1. The van der Waals surface area contributed by atoms with Crippen LogP contribution in [-0.2, 0) is 6.42 Å². The van der Waals surface area contributed by atoms with Crippen molar-refractivity contribution in [1.29, 1.82) is 0 Å². The molecule has 0 spiro atoms. The molecular formula is C16H19BrN2O. The van der Waals surface area contributed by atoms with Crippen LogP contribution in [0.3, 0.4) is 0 Å². The van der Waals surface area contributed by atoms with Crippen LogP contribution in [0.5, 0.6) is 5.75 Å². The molecule has 0 amide bonds. The lowest BCUT2D eigenvalue weighted by atomic mass is 10.1. The molecule has 0 radical (unpaired) electrons. The van der Waals surface area contributed by atoms with Gasteiger partial charge in [0.15, 0.2) is 0 Å². The molecule has 20 heavy (non-hydrogen) atoms. The lowest BCUT2D eigenvalue weighted by Crippen LogP contribution is -2.11. The van der Waals surface area contributed by atoms with E-state index in [-0.39, 0.29) is 0 Å². The van der Waals surface area contributed by atoms with E-state index in [1.807, 2.05) is 31.3 Å². The quantitative estimate of drug-likeness (QED) is 0.905. The second kappa shape index (κ2) is 6.77. The molecule has 0 unspecified atom stereocenters. The van der Waals surface area contributed by atoms with Crippen molar-refractivity contribution in [2.24, 2.45) is 5.73 Å². The standard InChI is InChI=1S/C16H19BrN2O/c1-19(15-5-3-4-6-16(15)20-2)13-8-7-12(9-10-18)14(17)11-13/h3-8,11H,9-10,18H2,1-2H3. The number of benzene rings is 2. The van der Waals surface area contributed by atoms with Crippen LogP contribution < -0.4 is 15.4 Å². The van der Waals surface area contributed by atoms with E-state index in [0.29, 0.717) is 6.54 Å². The molecule has 0 aliphatic heterocycles. The number of halogens is 1. The third-order valence-electron chi connectivity index (χ3n) is 3.28. The van der Waals surface area contributed by atoms with Crippen LogP contribution in [0.4, 0.5) is 11.4 Å². The first kappa shape index (κ1) is 14.9. The molecule has 3 nitrogen and oxygen atoms in total. The second-order valence-corrected chi connectivity index (χ2v) is 5.40. The smallest absolute Gasteiger partial charge is 0.142 e. The van der Waals surface area contributed by atoms with Gasteiger partial charge in [0.05, 0.1) is 12.8 Å². The maximum absolute atomic E-state index is 5.61. The van der Waals surface area contributed by atoms with Gasteiger partial charge in [-0.15, -0.1) is 0 Å². The zero-order chi connectivity index (χ0) is 14.5. The van der Waals surface area contributed by atoms with Crippen LogP contribution in [0.2, 0.25) is 0 Å². The summed E-state index contributed by atoms with van der Waals surface area (Å²) in [5.41, 5.74) is 8.97. The number of hydrogen-bond acceptors (Lipinski definition) is 3. The number of rotatable bonds is 5. The van der Waals surface area contributed by atoms with Crippen LogP contribution in [0.1, 0.15) is 5.56 Å². The molecule has 0 aromatic heterocycles. The van der Waals surface area contributed by atoms with Crippen molar-refractivity contribution in [1.82, 2.24) is 0 Å². The van der Waals surface area contributed by atoms with Gasteiger partial charge < -0.3 is 15.4 Å². The van der Waals surface area contributed by atoms with E-state index < -0.39 is 0 Å². The summed E-state index contributed by atoms with van der Waals surface area (Å²) in [5, 5.41) is 0. The fraction of sp³-hybridized carbons (Fsp3) is 0.250. The summed E-state index contributed by atoms with van der Waals surface area (Å²) >= 11 is 3.61. The molecule has 0 bridgehead atoms. The molecule has 0 aliphatic rings. The third-order valence-corrected chi connectivity index (χ3v) is 4.02. The Kier molecular flexibility index (Phi) is 5.04. The van der Waals surface area contributed by atoms with E-state index in [1.54, 1.807) is 7.11 Å². The number of para-hydroxylation sites is 2. The first-order chi connectivity index (χ1) is 9.67. The SMILES string of the molecule is COc1ccccc1N(C)c1ccc(CCN)c(Br)c1. The van der Waals surface area contributed by atoms with Gasteiger partial charge in [0.25, 0.3) is 0 Å². The lowest BCUT2D eigenvalue weighted by Gasteiger charge is -2.22. The van der Waals surface area contributed by atoms with E-state index >= 15 is 0 Å². The molecule has 0 saturated carbocycles. The van der Waals surface area contributed by atoms with E-state index in [1.165, 1.54) is 5.56 Å². The molecule has 4 heteroatoms. The summed E-state index contributed by atoms with van der Waals surface area (Å²) in [5.74, 6) is 0.858. The van der Waals surface area contributed by atoms with Crippen LogP contribution >= 0.6 is 15.9 Å². The Morgan fingerprint density at radius 1 is 1.20 bits per heavy atom.